The second-order valence-corrected chi connectivity index (χ2v) is 11.2. The molecule has 0 aromatic heterocycles. The second kappa shape index (κ2) is 14.1. The molecule has 42 heavy (non-hydrogen) atoms. The topological polar surface area (TPSA) is 353 Å². The number of nitrogens with two attached hydrogens (primary N) is 6. The molecule has 19 atom stereocenters. The summed E-state index contributed by atoms with van der Waals surface area (Å²) in [5.74, 6) is 0. The quantitative estimate of drug-likeness (QED) is 0.115. The fraction of sp³-hybridized carbons (Fsp3) is 1.00. The largest absolute Gasteiger partial charge is 0.394 e. The Morgan fingerprint density at radius 3 is 1.45 bits per heavy atom. The van der Waals surface area contributed by atoms with E-state index in [-0.39, 0.29) is 19.5 Å². The lowest BCUT2D eigenvalue weighted by atomic mass is 9.84. The Kier molecular flexibility index (Phi) is 11.5. The van der Waals surface area contributed by atoms with Crippen LogP contribution in [0.3, 0.4) is 0 Å². The zero-order chi connectivity index (χ0) is 31.0. The molecule has 3 aliphatic heterocycles. The van der Waals surface area contributed by atoms with Crippen molar-refractivity contribution in [3.8, 4) is 0 Å². The summed E-state index contributed by atoms with van der Waals surface area (Å²) in [4.78, 5) is 0. The Bertz CT molecular complexity index is 868. The van der Waals surface area contributed by atoms with Crippen molar-refractivity contribution in [1.29, 1.82) is 0 Å². The van der Waals surface area contributed by atoms with Gasteiger partial charge in [0.25, 0.3) is 0 Å². The van der Waals surface area contributed by atoms with Crippen LogP contribution in [-0.2, 0) is 28.4 Å². The van der Waals surface area contributed by atoms with Gasteiger partial charge in [-0.05, 0) is 6.42 Å². The minimum atomic E-state index is -1.60. The van der Waals surface area contributed by atoms with E-state index in [1.54, 1.807) is 0 Å². The summed E-state index contributed by atoms with van der Waals surface area (Å²) in [5.41, 5.74) is 35.6. The van der Waals surface area contributed by atoms with Crippen molar-refractivity contribution < 1.29 is 64.2 Å². The number of ether oxygens (including phenoxy) is 6. The van der Waals surface area contributed by atoms with Gasteiger partial charge in [0, 0.05) is 25.2 Å². The number of hydrogen-bond acceptors (Lipinski definition) is 19. The van der Waals surface area contributed by atoms with E-state index in [9.17, 15) is 35.7 Å². The molecule has 0 spiro atoms. The molecule has 19 heteroatoms. The fourth-order valence-corrected chi connectivity index (χ4v) is 5.74. The molecule has 1 saturated carbocycles. The molecule has 0 radical (unpaired) electrons. The summed E-state index contributed by atoms with van der Waals surface area (Å²) < 4.78 is 34.6. The molecule has 4 rings (SSSR count). The molecule has 0 aromatic carbocycles. The predicted molar refractivity (Wildman–Crippen MR) is 138 cm³/mol. The van der Waals surface area contributed by atoms with E-state index in [0.717, 1.165) is 0 Å². The van der Waals surface area contributed by atoms with Crippen LogP contribution < -0.4 is 34.4 Å². The van der Waals surface area contributed by atoms with Gasteiger partial charge < -0.3 is 98.6 Å². The molecule has 0 unspecified atom stereocenters. The van der Waals surface area contributed by atoms with Gasteiger partial charge in [0.2, 0.25) is 0 Å². The molecule has 0 bridgehead atoms. The average molecular weight is 615 g/mol. The van der Waals surface area contributed by atoms with Crippen LogP contribution in [0.4, 0.5) is 0 Å². The molecular weight excluding hydrogens is 568 g/mol. The summed E-state index contributed by atoms with van der Waals surface area (Å²) in [6.45, 7) is -0.967. The van der Waals surface area contributed by atoms with E-state index in [1.807, 2.05) is 0 Å². The van der Waals surface area contributed by atoms with Crippen LogP contribution >= 0.6 is 0 Å². The zero-order valence-electron chi connectivity index (χ0n) is 22.8. The van der Waals surface area contributed by atoms with Gasteiger partial charge >= 0.3 is 0 Å². The molecule has 0 aromatic rings. The van der Waals surface area contributed by atoms with E-state index in [4.69, 9.17) is 62.8 Å². The van der Waals surface area contributed by atoms with Crippen molar-refractivity contribution in [1.82, 2.24) is 0 Å². The molecule has 19 N–H and O–H groups in total. The third-order valence-corrected chi connectivity index (χ3v) is 8.37. The monoisotopic (exact) mass is 614 g/mol. The summed E-state index contributed by atoms with van der Waals surface area (Å²) in [7, 11) is 0. The lowest BCUT2D eigenvalue weighted by Crippen LogP contribution is -2.68. The molecule has 0 amide bonds. The summed E-state index contributed by atoms with van der Waals surface area (Å²) in [5, 5.41) is 73.0. The number of aliphatic hydroxyl groups is 7. The molecule has 3 heterocycles. The maximum absolute atomic E-state index is 11.1. The van der Waals surface area contributed by atoms with E-state index in [2.05, 4.69) is 0 Å². The maximum atomic E-state index is 11.1. The van der Waals surface area contributed by atoms with E-state index < -0.39 is 123 Å². The first-order valence-corrected chi connectivity index (χ1v) is 13.9. The van der Waals surface area contributed by atoms with Gasteiger partial charge in [-0.2, -0.15) is 0 Å². The Morgan fingerprint density at radius 1 is 0.524 bits per heavy atom. The smallest absolute Gasteiger partial charge is 0.187 e. The Labute approximate surface area is 241 Å². The lowest BCUT2D eigenvalue weighted by Gasteiger charge is -2.47. The van der Waals surface area contributed by atoms with Crippen molar-refractivity contribution in [3.05, 3.63) is 0 Å². The summed E-state index contributed by atoms with van der Waals surface area (Å²) in [6, 6.07) is -4.18. The second-order valence-electron chi connectivity index (χ2n) is 11.2. The molecule has 4 fully saturated rings. The fourth-order valence-electron chi connectivity index (χ4n) is 5.74. The molecule has 19 nitrogen and oxygen atoms in total. The highest BCUT2D eigenvalue weighted by Crippen LogP contribution is 2.34. The number of hydrogen-bond donors (Lipinski definition) is 13. The van der Waals surface area contributed by atoms with Crippen molar-refractivity contribution >= 4 is 0 Å². The van der Waals surface area contributed by atoms with Gasteiger partial charge in [-0.3, -0.25) is 0 Å². The van der Waals surface area contributed by atoms with Crippen LogP contribution in [-0.4, -0.2) is 172 Å². The highest BCUT2D eigenvalue weighted by molar-refractivity contribution is 5.02. The Balaban J connectivity index is 1.50. The van der Waals surface area contributed by atoms with Crippen LogP contribution in [0.25, 0.3) is 0 Å². The first kappa shape index (κ1) is 34.1. The minimum Gasteiger partial charge on any atom is -0.394 e. The third-order valence-electron chi connectivity index (χ3n) is 8.37. The van der Waals surface area contributed by atoms with Crippen molar-refractivity contribution in [2.75, 3.05) is 19.7 Å². The first-order chi connectivity index (χ1) is 19.8. The van der Waals surface area contributed by atoms with E-state index >= 15 is 0 Å². The van der Waals surface area contributed by atoms with E-state index in [1.165, 1.54) is 0 Å². The molecule has 1 aliphatic carbocycles. The maximum Gasteiger partial charge on any atom is 0.187 e. The zero-order valence-corrected chi connectivity index (χ0v) is 22.8. The van der Waals surface area contributed by atoms with Gasteiger partial charge in [0.15, 0.2) is 18.9 Å². The Hall–Kier alpha value is -0.760. The van der Waals surface area contributed by atoms with Gasteiger partial charge in [-0.1, -0.05) is 0 Å². The van der Waals surface area contributed by atoms with Crippen LogP contribution in [0.5, 0.6) is 0 Å². The number of aliphatic hydroxyl groups excluding tert-OH is 7. The van der Waals surface area contributed by atoms with Crippen LogP contribution in [0.2, 0.25) is 0 Å². The Morgan fingerprint density at radius 2 is 0.976 bits per heavy atom. The highest BCUT2D eigenvalue weighted by Gasteiger charge is 2.54. The van der Waals surface area contributed by atoms with Gasteiger partial charge in [-0.25, -0.2) is 0 Å². The summed E-state index contributed by atoms with van der Waals surface area (Å²) >= 11 is 0. The van der Waals surface area contributed by atoms with Gasteiger partial charge in [0.1, 0.15) is 67.1 Å². The van der Waals surface area contributed by atoms with Crippen LogP contribution in [0.1, 0.15) is 6.42 Å². The molecule has 3 saturated heterocycles. The third kappa shape index (κ3) is 6.60. The average Bonchev–Trinajstić information content (AvgIpc) is 3.27. The van der Waals surface area contributed by atoms with Gasteiger partial charge in [0.05, 0.1) is 24.8 Å². The van der Waals surface area contributed by atoms with Crippen molar-refractivity contribution in [3.63, 3.8) is 0 Å². The molecule has 4 aliphatic rings. The normalized spacial score (nSPS) is 53.8. The first-order valence-electron chi connectivity index (χ1n) is 13.9. The summed E-state index contributed by atoms with van der Waals surface area (Å²) in [6.07, 6.45) is -19.8. The van der Waals surface area contributed by atoms with E-state index in [0.29, 0.717) is 0 Å². The molecule has 246 valence electrons. The lowest BCUT2D eigenvalue weighted by molar-refractivity contribution is -0.306. The van der Waals surface area contributed by atoms with Crippen LogP contribution in [0, 0.1) is 0 Å². The van der Waals surface area contributed by atoms with Gasteiger partial charge in [-0.15, -0.1) is 0 Å². The standard InChI is InChI=1S/C23H46N6O13/c24-2-7-13(32)15(34)10(28)21(37-7)40-18-6(27)1-5(26)12(31)20(18)42-23-17(36)19(9(4-30)39-23)41-22-11(29)16(35)14(33)8(3-25)38-22/h5-23,30-36H,1-4,24-29H2/t5-,6+,7-,8+,9-,10-,11-,12+,13+,14-,15-,16-,17-,18+,19-,20-,21+,22+,23+/m1/s1. The number of rotatable bonds is 9. The minimum absolute atomic E-state index is 0.0889. The highest BCUT2D eigenvalue weighted by atomic mass is 16.8. The van der Waals surface area contributed by atoms with Crippen LogP contribution in [0.15, 0.2) is 0 Å². The van der Waals surface area contributed by atoms with Crippen molar-refractivity contribution in [2.24, 2.45) is 34.4 Å². The SMILES string of the molecule is NC[C@@H]1O[C@@H](O[C@H]2[C@@H](O)[C@H](O[C@@H]3[C@@H](O)[C@H](N)C[C@H](N)[C@@H]3O[C@@H]3O[C@H](CN)[C@H](O)[C@H](O)[C@H]3N)O[C@@H]2CO)[C@H](N)[C@@H](O)[C@@H]1O. The van der Waals surface area contributed by atoms with Crippen molar-refractivity contribution in [2.45, 2.75) is 123 Å². The molecular formula is C23H46N6O13. The predicted octanol–water partition coefficient (Wildman–Crippen LogP) is -8.90.